The van der Waals surface area contributed by atoms with E-state index in [1.54, 1.807) is 0 Å². The fourth-order valence-electron chi connectivity index (χ4n) is 9.34. The molecule has 0 fully saturated rings. The number of nitrogens with one attached hydrogen (secondary N) is 1. The third-order valence-corrected chi connectivity index (χ3v) is 12.3. The molecule has 61 heavy (non-hydrogen) atoms. The van der Waals surface area contributed by atoms with Gasteiger partial charge in [-0.05, 0) is 117 Å². The molecule has 0 aliphatic rings. The van der Waals surface area contributed by atoms with E-state index in [4.69, 9.17) is 0 Å². The van der Waals surface area contributed by atoms with E-state index in [9.17, 15) is 0 Å². The topological polar surface area (TPSA) is 21.9 Å². The van der Waals surface area contributed by atoms with Gasteiger partial charge in [0.1, 0.15) is 0 Å². The SMILES string of the molecule is c1ccc(-c2ccc(Nc3ccc(-c4ccc5c(c4)c4ccccc4n5-c4ccc5ccccc5c4)cc3-c3ccc4c5ccccc5n(-c5ccccc5)c4c3)cc2)cc1. The first kappa shape index (κ1) is 34.9. The Labute approximate surface area is 354 Å². The van der Waals surface area contributed by atoms with Crippen molar-refractivity contribution < 1.29 is 0 Å². The third kappa shape index (κ3) is 5.98. The lowest BCUT2D eigenvalue weighted by atomic mass is 9.95. The van der Waals surface area contributed by atoms with Gasteiger partial charge < -0.3 is 14.5 Å². The van der Waals surface area contributed by atoms with Crippen molar-refractivity contribution in [3.05, 3.63) is 231 Å². The number of para-hydroxylation sites is 3. The van der Waals surface area contributed by atoms with Crippen LogP contribution < -0.4 is 5.32 Å². The average Bonchev–Trinajstić information content (AvgIpc) is 3.84. The first-order valence-electron chi connectivity index (χ1n) is 20.9. The molecule has 0 spiro atoms. The van der Waals surface area contributed by atoms with Gasteiger partial charge >= 0.3 is 0 Å². The van der Waals surface area contributed by atoms with Crippen LogP contribution in [0.15, 0.2) is 231 Å². The zero-order valence-electron chi connectivity index (χ0n) is 33.3. The monoisotopic (exact) mass is 777 g/mol. The lowest BCUT2D eigenvalue weighted by Crippen LogP contribution is -1.96. The second kappa shape index (κ2) is 14.3. The fraction of sp³-hybridized carbons (Fsp3) is 0. The maximum absolute atomic E-state index is 3.83. The summed E-state index contributed by atoms with van der Waals surface area (Å²) in [7, 11) is 0. The van der Waals surface area contributed by atoms with E-state index in [2.05, 4.69) is 245 Å². The van der Waals surface area contributed by atoms with E-state index in [0.29, 0.717) is 0 Å². The Morgan fingerprint density at radius 3 is 1.62 bits per heavy atom. The number of benzene rings is 10. The molecule has 12 aromatic rings. The summed E-state index contributed by atoms with van der Waals surface area (Å²) in [5.74, 6) is 0. The highest BCUT2D eigenvalue weighted by Crippen LogP contribution is 2.41. The van der Waals surface area contributed by atoms with Crippen LogP contribution in [0.25, 0.3) is 99.1 Å². The molecule has 3 nitrogen and oxygen atoms in total. The summed E-state index contributed by atoms with van der Waals surface area (Å²) in [6, 6.07) is 83.6. The highest BCUT2D eigenvalue weighted by atomic mass is 15.0. The molecule has 2 heterocycles. The van der Waals surface area contributed by atoms with E-state index >= 15 is 0 Å². The summed E-state index contributed by atoms with van der Waals surface area (Å²) in [5, 5.41) is 11.3. The zero-order valence-corrected chi connectivity index (χ0v) is 33.3. The van der Waals surface area contributed by atoms with Crippen molar-refractivity contribution in [2.24, 2.45) is 0 Å². The van der Waals surface area contributed by atoms with Crippen LogP contribution in [0.5, 0.6) is 0 Å². The molecule has 286 valence electrons. The van der Waals surface area contributed by atoms with Crippen molar-refractivity contribution in [3.8, 4) is 44.8 Å². The zero-order chi connectivity index (χ0) is 40.3. The molecule has 0 aliphatic carbocycles. The highest BCUT2D eigenvalue weighted by molar-refractivity contribution is 6.12. The van der Waals surface area contributed by atoms with Crippen molar-refractivity contribution >= 4 is 65.8 Å². The molecule has 1 N–H and O–H groups in total. The third-order valence-electron chi connectivity index (χ3n) is 12.3. The van der Waals surface area contributed by atoms with Gasteiger partial charge in [-0.2, -0.15) is 0 Å². The van der Waals surface area contributed by atoms with Crippen molar-refractivity contribution in [1.82, 2.24) is 9.13 Å². The van der Waals surface area contributed by atoms with E-state index < -0.39 is 0 Å². The number of hydrogen-bond acceptors (Lipinski definition) is 1. The molecule has 0 aliphatic heterocycles. The van der Waals surface area contributed by atoms with Crippen molar-refractivity contribution in [2.75, 3.05) is 5.32 Å². The molecule has 0 saturated carbocycles. The minimum atomic E-state index is 1.04. The van der Waals surface area contributed by atoms with Crippen LogP contribution in [-0.4, -0.2) is 9.13 Å². The van der Waals surface area contributed by atoms with E-state index in [0.717, 1.165) is 39.4 Å². The smallest absolute Gasteiger partial charge is 0.0547 e. The van der Waals surface area contributed by atoms with Gasteiger partial charge in [-0.1, -0.05) is 152 Å². The number of hydrogen-bond donors (Lipinski definition) is 1. The Morgan fingerprint density at radius 1 is 0.279 bits per heavy atom. The molecule has 2 aromatic heterocycles. The van der Waals surface area contributed by atoms with E-state index in [-0.39, 0.29) is 0 Å². The molecule has 12 rings (SSSR count). The van der Waals surface area contributed by atoms with Gasteiger partial charge in [0.05, 0.1) is 22.1 Å². The highest BCUT2D eigenvalue weighted by Gasteiger charge is 2.17. The Balaban J connectivity index is 1.02. The van der Waals surface area contributed by atoms with Crippen LogP contribution >= 0.6 is 0 Å². The van der Waals surface area contributed by atoms with E-state index in [1.165, 1.54) is 71.1 Å². The number of anilines is 2. The summed E-state index contributed by atoms with van der Waals surface area (Å²) in [5.41, 5.74) is 16.2. The van der Waals surface area contributed by atoms with Crippen LogP contribution in [0, 0.1) is 0 Å². The Kier molecular flexibility index (Phi) is 8.17. The Bertz CT molecular complexity index is 3600. The molecular formula is C58H39N3. The molecule has 0 bridgehead atoms. The summed E-state index contributed by atoms with van der Waals surface area (Å²) >= 11 is 0. The number of aromatic nitrogens is 2. The lowest BCUT2D eigenvalue weighted by molar-refractivity contribution is 1.18. The Hall–Kier alpha value is -8.14. The largest absolute Gasteiger partial charge is 0.355 e. The van der Waals surface area contributed by atoms with Crippen molar-refractivity contribution in [3.63, 3.8) is 0 Å². The molecule has 0 amide bonds. The minimum absolute atomic E-state index is 1.04. The summed E-state index contributed by atoms with van der Waals surface area (Å²) in [4.78, 5) is 0. The minimum Gasteiger partial charge on any atom is -0.355 e. The summed E-state index contributed by atoms with van der Waals surface area (Å²) < 4.78 is 4.80. The van der Waals surface area contributed by atoms with Gasteiger partial charge in [-0.15, -0.1) is 0 Å². The number of nitrogens with zero attached hydrogens (tertiary/aromatic N) is 2. The average molecular weight is 778 g/mol. The van der Waals surface area contributed by atoms with Gasteiger partial charge in [0.15, 0.2) is 0 Å². The lowest BCUT2D eigenvalue weighted by Gasteiger charge is -2.16. The maximum atomic E-state index is 3.83. The first-order chi connectivity index (χ1) is 30.2. The fourth-order valence-corrected chi connectivity index (χ4v) is 9.34. The van der Waals surface area contributed by atoms with Gasteiger partial charge in [-0.3, -0.25) is 0 Å². The summed E-state index contributed by atoms with van der Waals surface area (Å²) in [6.45, 7) is 0. The first-order valence-corrected chi connectivity index (χ1v) is 20.9. The van der Waals surface area contributed by atoms with Crippen LogP contribution in [0.2, 0.25) is 0 Å². The van der Waals surface area contributed by atoms with Crippen LogP contribution in [0.4, 0.5) is 11.4 Å². The molecule has 0 saturated heterocycles. The summed E-state index contributed by atoms with van der Waals surface area (Å²) in [6.07, 6.45) is 0. The quantitative estimate of drug-likeness (QED) is 0.171. The second-order valence-corrected chi connectivity index (χ2v) is 15.9. The normalized spacial score (nSPS) is 11.6. The van der Waals surface area contributed by atoms with E-state index in [1.807, 2.05) is 0 Å². The standard InChI is InChI=1S/C58H39N3/c1-3-13-39(14-4-1)41-23-29-46(30-24-41)59-54-33-27-43(36-52(54)45-26-32-51-49-19-9-11-21-55(49)60(58(51)38-45)47-17-5-2-6-18-47)44-28-34-57-53(37-44)50-20-10-12-22-56(50)61(57)48-31-25-40-15-7-8-16-42(40)35-48/h1-38,59H. The predicted molar refractivity (Wildman–Crippen MR) is 259 cm³/mol. The van der Waals surface area contributed by atoms with Gasteiger partial charge in [0, 0.05) is 49.9 Å². The predicted octanol–water partition coefficient (Wildman–Crippen LogP) is 15.8. The van der Waals surface area contributed by atoms with Crippen molar-refractivity contribution in [1.29, 1.82) is 0 Å². The number of rotatable bonds is 7. The molecule has 3 heteroatoms. The van der Waals surface area contributed by atoms with Gasteiger partial charge in [0.25, 0.3) is 0 Å². The van der Waals surface area contributed by atoms with Gasteiger partial charge in [0.2, 0.25) is 0 Å². The molecular weight excluding hydrogens is 739 g/mol. The van der Waals surface area contributed by atoms with Crippen LogP contribution in [0.1, 0.15) is 0 Å². The second-order valence-electron chi connectivity index (χ2n) is 15.9. The van der Waals surface area contributed by atoms with Gasteiger partial charge in [-0.25, -0.2) is 0 Å². The maximum Gasteiger partial charge on any atom is 0.0547 e. The molecule has 0 unspecified atom stereocenters. The Morgan fingerprint density at radius 2 is 0.836 bits per heavy atom. The van der Waals surface area contributed by atoms with Crippen LogP contribution in [-0.2, 0) is 0 Å². The number of fused-ring (bicyclic) bond motifs is 7. The molecule has 0 radical (unpaired) electrons. The molecule has 10 aromatic carbocycles. The van der Waals surface area contributed by atoms with Crippen LogP contribution in [0.3, 0.4) is 0 Å². The van der Waals surface area contributed by atoms with Crippen molar-refractivity contribution in [2.45, 2.75) is 0 Å². The molecule has 0 atom stereocenters.